The molecule has 5 aromatic rings. The van der Waals surface area contributed by atoms with Gasteiger partial charge in [0.05, 0.1) is 0 Å². The molecule has 186 valence electrons. The van der Waals surface area contributed by atoms with Crippen LogP contribution in [-0.4, -0.2) is 0 Å². The van der Waals surface area contributed by atoms with Gasteiger partial charge in [0.15, 0.2) is 6.54 Å². The first-order chi connectivity index (χ1) is 17.8. The summed E-state index contributed by atoms with van der Waals surface area (Å²) in [5.74, 6) is 0. The first-order valence-electron chi connectivity index (χ1n) is 11.4. The Hall–Kier alpha value is -3.55. The van der Waals surface area contributed by atoms with Crippen LogP contribution in [0.25, 0.3) is 33.6 Å². The molecule has 0 bridgehead atoms. The summed E-state index contributed by atoms with van der Waals surface area (Å²) >= 11 is 6.15. The molecule has 7 heteroatoms. The molecule has 0 aliphatic rings. The van der Waals surface area contributed by atoms with E-state index in [1.165, 1.54) is 39.2 Å². The molecule has 5 nitrogen and oxygen atoms in total. The summed E-state index contributed by atoms with van der Waals surface area (Å²) < 4.78 is 36.4. The lowest BCUT2D eigenvalue weighted by Crippen LogP contribution is -2.68. The zero-order valence-electron chi connectivity index (χ0n) is 19.7. The van der Waals surface area contributed by atoms with E-state index in [2.05, 4.69) is 120 Å². The summed E-state index contributed by atoms with van der Waals surface area (Å²) in [6, 6.07) is 44.5. The number of hydrogen-bond acceptors (Lipinski definition) is 4. The van der Waals surface area contributed by atoms with Crippen molar-refractivity contribution in [1.29, 1.82) is 0 Å². The SMILES string of the molecule is Clc1ccc(C[n+]2c(-c3ccccc3)cc(-c3ccccc3)cc2-c2ccccc2)cc1.[O-][Cl+3]([O-])([O-])[O-]. The Morgan fingerprint density at radius 1 is 0.514 bits per heavy atom. The monoisotopic (exact) mass is 531 g/mol. The zero-order chi connectivity index (χ0) is 26.3. The molecule has 1 heterocycles. The first-order valence-corrected chi connectivity index (χ1v) is 13.0. The Morgan fingerprint density at radius 2 is 0.892 bits per heavy atom. The van der Waals surface area contributed by atoms with Crippen LogP contribution in [0.2, 0.25) is 5.02 Å². The third-order valence-electron chi connectivity index (χ3n) is 5.67. The van der Waals surface area contributed by atoms with E-state index in [1.807, 2.05) is 12.1 Å². The minimum absolute atomic E-state index is 0.751. The third kappa shape index (κ3) is 7.71. The van der Waals surface area contributed by atoms with E-state index in [4.69, 9.17) is 30.2 Å². The Bertz CT molecular complexity index is 1360. The second-order valence-corrected chi connectivity index (χ2v) is 9.40. The molecule has 1 aromatic heterocycles. The van der Waals surface area contributed by atoms with Crippen LogP contribution in [-0.2, 0) is 6.54 Å². The van der Waals surface area contributed by atoms with Crippen LogP contribution < -0.4 is 23.2 Å². The normalized spacial score (nSPS) is 10.9. The van der Waals surface area contributed by atoms with Crippen LogP contribution in [0.4, 0.5) is 0 Å². The Labute approximate surface area is 222 Å². The highest BCUT2D eigenvalue weighted by Gasteiger charge is 2.23. The highest BCUT2D eigenvalue weighted by Crippen LogP contribution is 2.29. The summed E-state index contributed by atoms with van der Waals surface area (Å²) in [5.41, 5.74) is 8.37. The molecule has 0 spiro atoms. The molecule has 0 aliphatic heterocycles. The summed E-state index contributed by atoms with van der Waals surface area (Å²) in [6.45, 7) is 0.751. The van der Waals surface area contributed by atoms with Crippen molar-refractivity contribution in [3.8, 4) is 33.6 Å². The van der Waals surface area contributed by atoms with Gasteiger partial charge in [-0.25, -0.2) is 18.6 Å². The van der Waals surface area contributed by atoms with Gasteiger partial charge in [0.1, 0.15) is 0 Å². The van der Waals surface area contributed by atoms with Crippen molar-refractivity contribution in [3.05, 3.63) is 138 Å². The van der Waals surface area contributed by atoms with Gasteiger partial charge in [0, 0.05) is 33.8 Å². The number of benzene rings is 4. The van der Waals surface area contributed by atoms with Gasteiger partial charge in [-0.1, -0.05) is 90.5 Å². The number of pyridine rings is 1. The zero-order valence-corrected chi connectivity index (χ0v) is 21.2. The van der Waals surface area contributed by atoms with E-state index in [1.54, 1.807) is 0 Å². The maximum atomic E-state index is 8.49. The predicted octanol–water partition coefficient (Wildman–Crippen LogP) is 2.92. The smallest absolute Gasteiger partial charge is 0.213 e. The largest absolute Gasteiger partial charge is 0.222 e. The van der Waals surface area contributed by atoms with Crippen LogP contribution in [0.15, 0.2) is 127 Å². The van der Waals surface area contributed by atoms with Gasteiger partial charge in [-0.3, -0.25) is 0 Å². The van der Waals surface area contributed by atoms with Crippen LogP contribution in [0, 0.1) is 10.2 Å². The van der Waals surface area contributed by atoms with Crippen molar-refractivity contribution in [2.75, 3.05) is 0 Å². The Balaban J connectivity index is 0.000000586. The first kappa shape index (κ1) is 26.5. The van der Waals surface area contributed by atoms with Crippen molar-refractivity contribution in [3.63, 3.8) is 0 Å². The molecule has 0 atom stereocenters. The molecular formula is C30H23Cl2NO4. The molecule has 0 amide bonds. The van der Waals surface area contributed by atoms with Crippen molar-refractivity contribution < 1.29 is 33.4 Å². The van der Waals surface area contributed by atoms with Gasteiger partial charge >= 0.3 is 0 Å². The number of hydrogen-bond donors (Lipinski definition) is 0. The number of nitrogens with zero attached hydrogens (tertiary/aromatic N) is 1. The van der Waals surface area contributed by atoms with E-state index in [0.717, 1.165) is 11.6 Å². The average Bonchev–Trinajstić information content (AvgIpc) is 2.90. The maximum Gasteiger partial charge on any atom is 0.213 e. The topological polar surface area (TPSA) is 96.1 Å². The highest BCUT2D eigenvalue weighted by molar-refractivity contribution is 6.30. The second-order valence-electron chi connectivity index (χ2n) is 8.20. The van der Waals surface area contributed by atoms with Crippen LogP contribution in [0.3, 0.4) is 0 Å². The van der Waals surface area contributed by atoms with E-state index < -0.39 is 10.2 Å². The fourth-order valence-electron chi connectivity index (χ4n) is 4.06. The fourth-order valence-corrected chi connectivity index (χ4v) is 4.18. The predicted molar refractivity (Wildman–Crippen MR) is 133 cm³/mol. The quantitative estimate of drug-likeness (QED) is 0.325. The third-order valence-corrected chi connectivity index (χ3v) is 5.92. The number of halogens is 2. The average molecular weight is 532 g/mol. The molecule has 0 unspecified atom stereocenters. The summed E-state index contributed by atoms with van der Waals surface area (Å²) in [6.07, 6.45) is 0. The van der Waals surface area contributed by atoms with Crippen LogP contribution in [0.1, 0.15) is 5.56 Å². The lowest BCUT2D eigenvalue weighted by molar-refractivity contribution is -2.00. The standard InChI is InChI=1S/C30H23ClN.ClHO4/c31-28-18-16-23(17-19-28)22-32-29(25-12-6-2-7-13-25)20-27(24-10-4-1-5-11-24)21-30(32)26-14-8-3-9-15-26;2-1(3,4)5/h1-21H,22H2;(H,2,3,4,5)/q+1;/p-1. The lowest BCUT2D eigenvalue weighted by atomic mass is 9.98. The molecule has 0 saturated carbocycles. The Morgan fingerprint density at radius 3 is 1.30 bits per heavy atom. The van der Waals surface area contributed by atoms with Gasteiger partial charge in [-0.05, 0) is 47.5 Å². The van der Waals surface area contributed by atoms with E-state index >= 15 is 0 Å². The van der Waals surface area contributed by atoms with Crippen molar-refractivity contribution >= 4 is 11.6 Å². The van der Waals surface area contributed by atoms with Gasteiger partial charge in [0.25, 0.3) is 0 Å². The molecule has 0 saturated heterocycles. The van der Waals surface area contributed by atoms with Crippen LogP contribution >= 0.6 is 11.6 Å². The van der Waals surface area contributed by atoms with Crippen molar-refractivity contribution in [2.45, 2.75) is 6.54 Å². The minimum Gasteiger partial charge on any atom is -0.222 e. The molecular weight excluding hydrogens is 509 g/mol. The summed E-state index contributed by atoms with van der Waals surface area (Å²) in [4.78, 5) is 0. The number of rotatable bonds is 5. The molecule has 0 N–H and O–H groups in total. The number of aromatic nitrogens is 1. The van der Waals surface area contributed by atoms with Gasteiger partial charge in [-0.2, -0.15) is 4.57 Å². The molecule has 0 fully saturated rings. The summed E-state index contributed by atoms with van der Waals surface area (Å²) in [5, 5.41) is 0.754. The molecule has 0 radical (unpaired) electrons. The second kappa shape index (κ2) is 12.1. The molecule has 0 aliphatic carbocycles. The molecule has 37 heavy (non-hydrogen) atoms. The van der Waals surface area contributed by atoms with E-state index in [0.29, 0.717) is 0 Å². The lowest BCUT2D eigenvalue weighted by Gasteiger charge is -2.17. The van der Waals surface area contributed by atoms with Crippen molar-refractivity contribution in [1.82, 2.24) is 0 Å². The van der Waals surface area contributed by atoms with Gasteiger partial charge in [-0.15, -0.1) is 10.2 Å². The van der Waals surface area contributed by atoms with Gasteiger partial charge in [0.2, 0.25) is 11.4 Å². The van der Waals surface area contributed by atoms with Crippen LogP contribution in [0.5, 0.6) is 0 Å². The van der Waals surface area contributed by atoms with E-state index in [-0.39, 0.29) is 0 Å². The fraction of sp³-hybridized carbons (Fsp3) is 0.0333. The molecule has 4 aromatic carbocycles. The minimum atomic E-state index is -4.94. The highest BCUT2D eigenvalue weighted by atomic mass is 35.7. The van der Waals surface area contributed by atoms with Gasteiger partial charge < -0.3 is 0 Å². The van der Waals surface area contributed by atoms with Crippen molar-refractivity contribution in [2.24, 2.45) is 0 Å². The molecule has 5 rings (SSSR count). The Kier molecular flexibility index (Phi) is 8.69. The van der Waals surface area contributed by atoms with E-state index in [9.17, 15) is 0 Å². The maximum absolute atomic E-state index is 8.49. The summed E-state index contributed by atoms with van der Waals surface area (Å²) in [7, 11) is -4.94.